The van der Waals surface area contributed by atoms with Crippen molar-refractivity contribution in [2.24, 2.45) is 0 Å². The fourth-order valence-corrected chi connectivity index (χ4v) is 3.44. The Balaban J connectivity index is 1.43. The molecule has 0 radical (unpaired) electrons. The van der Waals surface area contributed by atoms with Crippen molar-refractivity contribution in [3.63, 3.8) is 0 Å². The molecule has 8 nitrogen and oxygen atoms in total. The molecule has 1 saturated heterocycles. The topological polar surface area (TPSA) is 97.0 Å². The van der Waals surface area contributed by atoms with Crippen molar-refractivity contribution in [3.8, 4) is 5.75 Å². The summed E-state index contributed by atoms with van der Waals surface area (Å²) in [4.78, 5) is 38.8. The molecule has 1 fully saturated rings. The van der Waals surface area contributed by atoms with E-state index in [1.54, 1.807) is 24.3 Å². The molecule has 1 unspecified atom stereocenters. The first-order chi connectivity index (χ1) is 15.5. The molecule has 1 aliphatic heterocycles. The summed E-state index contributed by atoms with van der Waals surface area (Å²) in [6, 6.07) is 14.1. The second-order valence-corrected chi connectivity index (χ2v) is 7.63. The largest absolute Gasteiger partial charge is 0.497 e. The molecule has 8 heteroatoms. The van der Waals surface area contributed by atoms with Crippen LogP contribution in [0.3, 0.4) is 0 Å². The smallest absolute Gasteiger partial charge is 0.326 e. The van der Waals surface area contributed by atoms with E-state index in [1.807, 2.05) is 24.3 Å². The van der Waals surface area contributed by atoms with Crippen LogP contribution in [0.4, 0.5) is 11.4 Å². The van der Waals surface area contributed by atoms with Crippen molar-refractivity contribution >= 4 is 29.2 Å². The van der Waals surface area contributed by atoms with E-state index in [-0.39, 0.29) is 6.54 Å². The number of ether oxygens (including phenoxy) is 2. The minimum atomic E-state index is -0.998. The Bertz CT molecular complexity index is 922. The van der Waals surface area contributed by atoms with E-state index in [2.05, 4.69) is 15.5 Å². The van der Waals surface area contributed by atoms with E-state index in [1.165, 1.54) is 33.3 Å². The van der Waals surface area contributed by atoms with Crippen LogP contribution < -0.4 is 20.3 Å². The van der Waals surface area contributed by atoms with Crippen LogP contribution in [0.15, 0.2) is 48.5 Å². The first-order valence-electron chi connectivity index (χ1n) is 10.7. The highest BCUT2D eigenvalue weighted by atomic mass is 16.5. The van der Waals surface area contributed by atoms with Crippen LogP contribution in [0.25, 0.3) is 0 Å². The lowest BCUT2D eigenvalue weighted by Gasteiger charge is -2.28. The number of benzene rings is 2. The fraction of sp³-hybridized carbons (Fsp3) is 0.375. The first-order valence-corrected chi connectivity index (χ1v) is 10.7. The standard InChI is InChI=1S/C24H29N3O5/c1-17(32-22(28)16-25-24(30)18-6-12-21(31-2)13-7-18)23(29)26-19-8-10-20(11-9-19)27-14-4-3-5-15-27/h6-13,17H,3-5,14-16H2,1-2H3,(H,25,30)(H,26,29). The number of rotatable bonds is 8. The van der Waals surface area contributed by atoms with Gasteiger partial charge in [-0.05, 0) is 74.7 Å². The zero-order valence-electron chi connectivity index (χ0n) is 18.4. The van der Waals surface area contributed by atoms with Gasteiger partial charge in [0.05, 0.1) is 7.11 Å². The van der Waals surface area contributed by atoms with E-state index < -0.39 is 23.9 Å². The third-order valence-electron chi connectivity index (χ3n) is 5.28. The number of anilines is 2. The molecule has 2 N–H and O–H groups in total. The van der Waals surface area contributed by atoms with Gasteiger partial charge in [-0.3, -0.25) is 14.4 Å². The Morgan fingerprint density at radius 1 is 0.969 bits per heavy atom. The van der Waals surface area contributed by atoms with Gasteiger partial charge in [0, 0.05) is 30.0 Å². The van der Waals surface area contributed by atoms with Gasteiger partial charge in [0.15, 0.2) is 6.10 Å². The lowest BCUT2D eigenvalue weighted by molar-refractivity contribution is -0.152. The molecule has 2 aromatic carbocycles. The number of methoxy groups -OCH3 is 1. The van der Waals surface area contributed by atoms with Crippen LogP contribution in [-0.2, 0) is 14.3 Å². The molecule has 0 aliphatic carbocycles. The molecule has 2 amide bonds. The lowest BCUT2D eigenvalue weighted by Crippen LogP contribution is -2.35. The van der Waals surface area contributed by atoms with Crippen molar-refractivity contribution in [2.45, 2.75) is 32.3 Å². The third-order valence-corrected chi connectivity index (χ3v) is 5.28. The molecule has 0 aromatic heterocycles. The highest BCUT2D eigenvalue weighted by molar-refractivity contribution is 5.97. The normalized spacial score (nSPS) is 14.2. The van der Waals surface area contributed by atoms with Crippen molar-refractivity contribution in [1.82, 2.24) is 5.32 Å². The minimum absolute atomic E-state index is 0.340. The van der Waals surface area contributed by atoms with Crippen molar-refractivity contribution in [3.05, 3.63) is 54.1 Å². The lowest BCUT2D eigenvalue weighted by atomic mass is 10.1. The van der Waals surface area contributed by atoms with E-state index in [4.69, 9.17) is 9.47 Å². The van der Waals surface area contributed by atoms with E-state index in [0.717, 1.165) is 18.8 Å². The quantitative estimate of drug-likeness (QED) is 0.614. The van der Waals surface area contributed by atoms with Crippen LogP contribution >= 0.6 is 0 Å². The molecule has 1 aliphatic rings. The molecule has 3 rings (SSSR count). The minimum Gasteiger partial charge on any atom is -0.497 e. The van der Waals surface area contributed by atoms with Crippen molar-refractivity contribution < 1.29 is 23.9 Å². The van der Waals surface area contributed by atoms with Gasteiger partial charge in [0.25, 0.3) is 11.8 Å². The van der Waals surface area contributed by atoms with Crippen LogP contribution in [-0.4, -0.2) is 50.6 Å². The maximum absolute atomic E-state index is 12.4. The van der Waals surface area contributed by atoms with Gasteiger partial charge in [0.2, 0.25) is 0 Å². The molecule has 2 aromatic rings. The average molecular weight is 440 g/mol. The van der Waals surface area contributed by atoms with Crippen molar-refractivity contribution in [1.29, 1.82) is 0 Å². The average Bonchev–Trinajstić information content (AvgIpc) is 2.83. The summed E-state index contributed by atoms with van der Waals surface area (Å²) >= 11 is 0. The van der Waals surface area contributed by atoms with E-state index in [0.29, 0.717) is 17.0 Å². The summed E-state index contributed by atoms with van der Waals surface area (Å²) in [5, 5.41) is 5.22. The maximum Gasteiger partial charge on any atom is 0.326 e. The molecule has 170 valence electrons. The predicted octanol–water partition coefficient (Wildman–Crippen LogP) is 2.99. The molecule has 1 heterocycles. The van der Waals surface area contributed by atoms with Crippen LogP contribution in [0.1, 0.15) is 36.5 Å². The Kier molecular flexibility index (Phi) is 8.08. The summed E-state index contributed by atoms with van der Waals surface area (Å²) in [5.74, 6) is -0.932. The number of esters is 1. The van der Waals surface area contributed by atoms with Crippen molar-refractivity contribution in [2.75, 3.05) is 37.0 Å². The SMILES string of the molecule is COc1ccc(C(=O)NCC(=O)OC(C)C(=O)Nc2ccc(N3CCCCC3)cc2)cc1. The monoisotopic (exact) mass is 439 g/mol. The van der Waals surface area contributed by atoms with Crippen LogP contribution in [0, 0.1) is 0 Å². The second-order valence-electron chi connectivity index (χ2n) is 7.63. The number of carbonyl (C=O) groups is 3. The highest BCUT2D eigenvalue weighted by Gasteiger charge is 2.19. The number of nitrogens with one attached hydrogen (secondary N) is 2. The molecule has 0 saturated carbocycles. The van der Waals surface area contributed by atoms with Gasteiger partial charge < -0.3 is 25.0 Å². The van der Waals surface area contributed by atoms with Gasteiger partial charge in [-0.1, -0.05) is 0 Å². The Morgan fingerprint density at radius 3 is 2.25 bits per heavy atom. The zero-order valence-corrected chi connectivity index (χ0v) is 18.4. The van der Waals surface area contributed by atoms with E-state index in [9.17, 15) is 14.4 Å². The first kappa shape index (κ1) is 23.1. The van der Waals surface area contributed by atoms with E-state index >= 15 is 0 Å². The van der Waals surface area contributed by atoms with Gasteiger partial charge in [-0.2, -0.15) is 0 Å². The van der Waals surface area contributed by atoms with Crippen LogP contribution in [0.2, 0.25) is 0 Å². The Hall–Kier alpha value is -3.55. The number of carbonyl (C=O) groups excluding carboxylic acids is 3. The summed E-state index contributed by atoms with van der Waals surface area (Å²) in [6.07, 6.45) is 2.66. The molecule has 1 atom stereocenters. The number of hydrogen-bond donors (Lipinski definition) is 2. The third kappa shape index (κ3) is 6.47. The number of nitrogens with zero attached hydrogens (tertiary/aromatic N) is 1. The van der Waals surface area contributed by atoms with Gasteiger partial charge in [0.1, 0.15) is 12.3 Å². The van der Waals surface area contributed by atoms with Gasteiger partial charge >= 0.3 is 5.97 Å². The van der Waals surface area contributed by atoms with Gasteiger partial charge in [-0.15, -0.1) is 0 Å². The second kappa shape index (κ2) is 11.2. The van der Waals surface area contributed by atoms with Gasteiger partial charge in [-0.25, -0.2) is 0 Å². The molecule has 0 spiro atoms. The molecule has 0 bridgehead atoms. The number of amides is 2. The number of hydrogen-bond acceptors (Lipinski definition) is 6. The maximum atomic E-state index is 12.4. The summed E-state index contributed by atoms with van der Waals surface area (Å²) in [5.41, 5.74) is 2.15. The Morgan fingerprint density at radius 2 is 1.62 bits per heavy atom. The van der Waals surface area contributed by atoms with Crippen LogP contribution in [0.5, 0.6) is 5.75 Å². The summed E-state index contributed by atoms with van der Waals surface area (Å²) in [7, 11) is 1.53. The Labute approximate surface area is 187 Å². The highest BCUT2D eigenvalue weighted by Crippen LogP contribution is 2.22. The summed E-state index contributed by atoms with van der Waals surface area (Å²) < 4.78 is 10.2. The molecular weight excluding hydrogens is 410 g/mol. The number of piperidine rings is 1. The summed E-state index contributed by atoms with van der Waals surface area (Å²) in [6.45, 7) is 3.25. The fourth-order valence-electron chi connectivity index (χ4n) is 3.44. The zero-order chi connectivity index (χ0) is 22.9. The molecule has 32 heavy (non-hydrogen) atoms. The predicted molar refractivity (Wildman–Crippen MR) is 122 cm³/mol. The molecular formula is C24H29N3O5.